The lowest BCUT2D eigenvalue weighted by Crippen LogP contribution is -2.34. The minimum atomic E-state index is 0.00630. The Bertz CT molecular complexity index is 405. The number of nitrogens with zero attached hydrogens (tertiary/aromatic N) is 2. The molecule has 1 N–H and O–H groups in total. The summed E-state index contributed by atoms with van der Waals surface area (Å²) in [4.78, 5) is 11.7. The van der Waals surface area contributed by atoms with E-state index in [9.17, 15) is 4.79 Å². The lowest BCUT2D eigenvalue weighted by atomic mass is 10.2. The molecule has 0 saturated carbocycles. The fraction of sp³-hybridized carbons (Fsp3) is 0.636. The van der Waals surface area contributed by atoms with E-state index >= 15 is 0 Å². The molecule has 4 nitrogen and oxygen atoms in total. The molecule has 1 fully saturated rings. The van der Waals surface area contributed by atoms with Gasteiger partial charge in [0, 0.05) is 12.1 Å². The second-order valence-corrected chi connectivity index (χ2v) is 4.23. The van der Waals surface area contributed by atoms with Crippen LogP contribution in [0.25, 0.3) is 0 Å². The highest BCUT2D eigenvalue weighted by molar-refractivity contribution is 5.13. The molecular weight excluding hydrogens is 190 g/mol. The van der Waals surface area contributed by atoms with Crippen molar-refractivity contribution >= 4 is 0 Å². The van der Waals surface area contributed by atoms with Gasteiger partial charge in [0.05, 0.1) is 12.2 Å². The molecule has 1 unspecified atom stereocenters. The highest BCUT2D eigenvalue weighted by Gasteiger charge is 2.15. The summed E-state index contributed by atoms with van der Waals surface area (Å²) in [5.74, 6) is 0. The van der Waals surface area contributed by atoms with Crippen molar-refractivity contribution in [1.82, 2.24) is 15.1 Å². The minimum Gasteiger partial charge on any atom is -0.312 e. The van der Waals surface area contributed by atoms with E-state index in [1.165, 1.54) is 6.42 Å². The monoisotopic (exact) mass is 207 g/mol. The molecule has 1 aromatic heterocycles. The van der Waals surface area contributed by atoms with Gasteiger partial charge in [-0.15, -0.1) is 0 Å². The first-order valence-electron chi connectivity index (χ1n) is 5.45. The minimum absolute atomic E-state index is 0.00630. The predicted molar refractivity (Wildman–Crippen MR) is 59.0 cm³/mol. The Morgan fingerprint density at radius 2 is 2.40 bits per heavy atom. The molecule has 0 aliphatic carbocycles. The maximum Gasteiger partial charge on any atom is 0.267 e. The topological polar surface area (TPSA) is 46.9 Å². The zero-order chi connectivity index (χ0) is 10.8. The Morgan fingerprint density at radius 3 is 3.07 bits per heavy atom. The first-order chi connectivity index (χ1) is 7.16. The summed E-state index contributed by atoms with van der Waals surface area (Å²) >= 11 is 0. The normalized spacial score (nSPS) is 20.8. The molecule has 1 aliphatic rings. The van der Waals surface area contributed by atoms with Crippen molar-refractivity contribution in [1.29, 1.82) is 0 Å². The molecule has 0 spiro atoms. The molecule has 15 heavy (non-hydrogen) atoms. The van der Waals surface area contributed by atoms with Crippen molar-refractivity contribution in [3.05, 3.63) is 27.7 Å². The zero-order valence-electron chi connectivity index (χ0n) is 9.29. The van der Waals surface area contributed by atoms with Crippen molar-refractivity contribution in [3.8, 4) is 0 Å². The lowest BCUT2D eigenvalue weighted by Gasteiger charge is -2.12. The van der Waals surface area contributed by atoms with Crippen molar-refractivity contribution in [2.24, 2.45) is 0 Å². The summed E-state index contributed by atoms with van der Waals surface area (Å²) in [6, 6.07) is 2.08. The smallest absolute Gasteiger partial charge is 0.267 e. The molecule has 1 aromatic rings. The average Bonchev–Trinajstić information content (AvgIpc) is 2.67. The van der Waals surface area contributed by atoms with Crippen LogP contribution in [0.5, 0.6) is 0 Å². The Kier molecular flexibility index (Phi) is 2.86. The number of hydrogen-bond donors (Lipinski definition) is 1. The molecule has 1 atom stereocenters. The first-order valence-corrected chi connectivity index (χ1v) is 5.45. The molecule has 4 heteroatoms. The van der Waals surface area contributed by atoms with E-state index in [0.717, 1.165) is 24.2 Å². The summed E-state index contributed by atoms with van der Waals surface area (Å²) in [7, 11) is 0. The highest BCUT2D eigenvalue weighted by Crippen LogP contribution is 2.06. The van der Waals surface area contributed by atoms with E-state index in [4.69, 9.17) is 0 Å². The molecule has 2 heterocycles. The maximum atomic E-state index is 11.7. The van der Waals surface area contributed by atoms with Crippen molar-refractivity contribution < 1.29 is 0 Å². The quantitative estimate of drug-likeness (QED) is 0.773. The highest BCUT2D eigenvalue weighted by atomic mass is 16.1. The summed E-state index contributed by atoms with van der Waals surface area (Å²) in [6.45, 7) is 5.61. The van der Waals surface area contributed by atoms with Crippen LogP contribution in [0.2, 0.25) is 0 Å². The van der Waals surface area contributed by atoms with Gasteiger partial charge >= 0.3 is 0 Å². The summed E-state index contributed by atoms with van der Waals surface area (Å²) in [6.07, 6.45) is 2.34. The molecule has 0 aromatic carbocycles. The molecule has 0 radical (unpaired) electrons. The Labute approximate surface area is 89.3 Å². The van der Waals surface area contributed by atoms with Gasteiger partial charge in [-0.1, -0.05) is 0 Å². The third-order valence-corrected chi connectivity index (χ3v) is 2.99. The molecule has 1 saturated heterocycles. The molecular formula is C11H17N3O. The third kappa shape index (κ3) is 2.26. The van der Waals surface area contributed by atoms with Crippen LogP contribution in [0.15, 0.2) is 10.9 Å². The van der Waals surface area contributed by atoms with Crippen LogP contribution < -0.4 is 10.9 Å². The molecule has 0 bridgehead atoms. The van der Waals surface area contributed by atoms with Gasteiger partial charge < -0.3 is 5.32 Å². The van der Waals surface area contributed by atoms with E-state index in [2.05, 4.69) is 10.4 Å². The molecule has 2 rings (SSSR count). The van der Waals surface area contributed by atoms with Gasteiger partial charge in [0.25, 0.3) is 5.56 Å². The Morgan fingerprint density at radius 1 is 1.60 bits per heavy atom. The second kappa shape index (κ2) is 4.14. The summed E-state index contributed by atoms with van der Waals surface area (Å²) in [5.41, 5.74) is 1.91. The number of hydrogen-bond acceptors (Lipinski definition) is 3. The Hall–Kier alpha value is -1.16. The Balaban J connectivity index is 2.20. The van der Waals surface area contributed by atoms with Gasteiger partial charge in [-0.25, -0.2) is 4.68 Å². The lowest BCUT2D eigenvalue weighted by molar-refractivity contribution is 0.455. The standard InChI is InChI=1S/C11H17N3O/c1-8-6-11(15)14(13-9(8)2)7-10-4-3-5-12-10/h6,10,12H,3-5,7H2,1-2H3. The van der Waals surface area contributed by atoms with Crippen LogP contribution in [0.3, 0.4) is 0 Å². The first kappa shape index (κ1) is 10.4. The number of nitrogens with one attached hydrogen (secondary N) is 1. The number of aryl methyl sites for hydroxylation is 2. The zero-order valence-corrected chi connectivity index (χ0v) is 9.29. The fourth-order valence-electron chi connectivity index (χ4n) is 1.93. The van der Waals surface area contributed by atoms with Crippen LogP contribution in [0, 0.1) is 13.8 Å². The van der Waals surface area contributed by atoms with Crippen molar-refractivity contribution in [2.45, 2.75) is 39.3 Å². The van der Waals surface area contributed by atoms with Gasteiger partial charge in [-0.05, 0) is 38.8 Å². The second-order valence-electron chi connectivity index (χ2n) is 4.23. The molecule has 1 aliphatic heterocycles. The SMILES string of the molecule is Cc1cc(=O)n(CC2CCCN2)nc1C. The van der Waals surface area contributed by atoms with Crippen LogP contribution in [0.4, 0.5) is 0 Å². The van der Waals surface area contributed by atoms with E-state index in [-0.39, 0.29) is 5.56 Å². The van der Waals surface area contributed by atoms with E-state index in [1.807, 2.05) is 13.8 Å². The third-order valence-electron chi connectivity index (χ3n) is 2.99. The number of rotatable bonds is 2. The van der Waals surface area contributed by atoms with E-state index in [0.29, 0.717) is 12.6 Å². The van der Waals surface area contributed by atoms with Crippen LogP contribution in [-0.2, 0) is 6.54 Å². The van der Waals surface area contributed by atoms with Crippen molar-refractivity contribution in [3.63, 3.8) is 0 Å². The summed E-state index contributed by atoms with van der Waals surface area (Å²) < 4.78 is 1.57. The molecule has 82 valence electrons. The fourth-order valence-corrected chi connectivity index (χ4v) is 1.93. The predicted octanol–water partition coefficient (Wildman–Crippen LogP) is 0.612. The van der Waals surface area contributed by atoms with Crippen LogP contribution in [0.1, 0.15) is 24.1 Å². The average molecular weight is 207 g/mol. The number of aromatic nitrogens is 2. The van der Waals surface area contributed by atoms with Gasteiger partial charge in [0.15, 0.2) is 0 Å². The van der Waals surface area contributed by atoms with Gasteiger partial charge in [0.1, 0.15) is 0 Å². The largest absolute Gasteiger partial charge is 0.312 e. The van der Waals surface area contributed by atoms with E-state index in [1.54, 1.807) is 10.7 Å². The van der Waals surface area contributed by atoms with Crippen LogP contribution in [-0.4, -0.2) is 22.4 Å². The van der Waals surface area contributed by atoms with Crippen molar-refractivity contribution in [2.75, 3.05) is 6.54 Å². The summed E-state index contributed by atoms with van der Waals surface area (Å²) in [5, 5.41) is 7.67. The van der Waals surface area contributed by atoms with Gasteiger partial charge in [-0.3, -0.25) is 4.79 Å². The van der Waals surface area contributed by atoms with Gasteiger partial charge in [0.2, 0.25) is 0 Å². The maximum absolute atomic E-state index is 11.7. The van der Waals surface area contributed by atoms with Gasteiger partial charge in [-0.2, -0.15) is 5.10 Å². The van der Waals surface area contributed by atoms with E-state index < -0.39 is 0 Å². The molecule has 0 amide bonds. The van der Waals surface area contributed by atoms with Crippen LogP contribution >= 0.6 is 0 Å².